The average molecular weight is 491 g/mol. The molecular formula is C23H18Cl3N3O3. The van der Waals surface area contributed by atoms with Gasteiger partial charge in [0, 0.05) is 27.3 Å². The predicted octanol–water partition coefficient (Wildman–Crippen LogP) is 4.39. The van der Waals surface area contributed by atoms with Gasteiger partial charge in [0.25, 0.3) is 0 Å². The van der Waals surface area contributed by atoms with E-state index in [2.05, 4.69) is 10.2 Å². The second-order valence-corrected chi connectivity index (χ2v) is 10.2. The normalized spacial score (nSPS) is 30.8. The molecule has 0 aliphatic carbocycles. The van der Waals surface area contributed by atoms with Crippen LogP contribution in [-0.4, -0.2) is 35.2 Å². The molecule has 4 aliphatic heterocycles. The zero-order chi connectivity index (χ0) is 22.5. The maximum absolute atomic E-state index is 13.9. The Hall–Kier alpha value is -2.12. The molecule has 164 valence electrons. The highest BCUT2D eigenvalue weighted by Crippen LogP contribution is 2.61. The molecule has 1 N–H and O–H groups in total. The van der Waals surface area contributed by atoms with E-state index >= 15 is 0 Å². The third-order valence-electron chi connectivity index (χ3n) is 7.41. The number of imide groups is 1. The standard InChI is InChI=1S/C23H18Cl3N3O3/c1-10-7-12(25)8-13-19(10)27-22(32)23(13)18-17(15-3-2-6-28(15)23)20(30)29(21(18)31)16-9-11(24)4-5-14(16)26/h4-5,7-9,15,17-18H,2-3,6H2,1H3,(H,27,32)/t15-,17+,18-,23+/m0/s1. The maximum Gasteiger partial charge on any atom is 0.250 e. The number of rotatable bonds is 1. The minimum absolute atomic E-state index is 0.213. The zero-order valence-electron chi connectivity index (χ0n) is 17.0. The van der Waals surface area contributed by atoms with Crippen molar-refractivity contribution in [1.82, 2.24) is 4.90 Å². The molecule has 0 bridgehead atoms. The van der Waals surface area contributed by atoms with Gasteiger partial charge in [-0.25, -0.2) is 4.90 Å². The highest BCUT2D eigenvalue weighted by molar-refractivity contribution is 6.38. The van der Waals surface area contributed by atoms with Gasteiger partial charge in [0.1, 0.15) is 5.54 Å². The molecule has 2 aromatic rings. The van der Waals surface area contributed by atoms with Crippen molar-refractivity contribution in [2.45, 2.75) is 31.3 Å². The van der Waals surface area contributed by atoms with Crippen molar-refractivity contribution in [1.29, 1.82) is 0 Å². The van der Waals surface area contributed by atoms with Gasteiger partial charge < -0.3 is 5.32 Å². The molecule has 4 aliphatic rings. The van der Waals surface area contributed by atoms with E-state index in [4.69, 9.17) is 34.8 Å². The topological polar surface area (TPSA) is 69.7 Å². The van der Waals surface area contributed by atoms with Gasteiger partial charge in [-0.05, 0) is 62.2 Å². The summed E-state index contributed by atoms with van der Waals surface area (Å²) >= 11 is 18.9. The van der Waals surface area contributed by atoms with Gasteiger partial charge >= 0.3 is 0 Å². The molecule has 9 heteroatoms. The summed E-state index contributed by atoms with van der Waals surface area (Å²) in [4.78, 5) is 44.5. The van der Waals surface area contributed by atoms with Gasteiger partial charge in [-0.3, -0.25) is 19.3 Å². The average Bonchev–Trinajstić information content (AvgIpc) is 3.43. The first kappa shape index (κ1) is 20.5. The van der Waals surface area contributed by atoms with Crippen molar-refractivity contribution >= 4 is 63.9 Å². The first-order valence-electron chi connectivity index (χ1n) is 10.5. The fourth-order valence-electron chi connectivity index (χ4n) is 6.33. The number of aryl methyl sites for hydroxylation is 1. The summed E-state index contributed by atoms with van der Waals surface area (Å²) in [7, 11) is 0. The maximum atomic E-state index is 13.9. The zero-order valence-corrected chi connectivity index (χ0v) is 19.3. The molecule has 4 heterocycles. The van der Waals surface area contributed by atoms with Gasteiger partial charge in [-0.2, -0.15) is 0 Å². The number of amides is 3. The lowest BCUT2D eigenvalue weighted by molar-refractivity contribution is -0.135. The number of anilines is 2. The number of fused-ring (bicyclic) bond motifs is 7. The molecule has 3 saturated heterocycles. The fraction of sp³-hybridized carbons (Fsp3) is 0.348. The number of hydrogen-bond acceptors (Lipinski definition) is 4. The third-order valence-corrected chi connectivity index (χ3v) is 8.19. The van der Waals surface area contributed by atoms with Crippen LogP contribution in [0.15, 0.2) is 30.3 Å². The summed E-state index contributed by atoms with van der Waals surface area (Å²) in [5.74, 6) is -2.56. The van der Waals surface area contributed by atoms with Crippen molar-refractivity contribution in [2.75, 3.05) is 16.8 Å². The van der Waals surface area contributed by atoms with Gasteiger partial charge in [0.2, 0.25) is 17.7 Å². The van der Waals surface area contributed by atoms with Crippen LogP contribution in [-0.2, 0) is 19.9 Å². The monoisotopic (exact) mass is 489 g/mol. The molecule has 0 aromatic heterocycles. The second-order valence-electron chi connectivity index (χ2n) is 8.88. The Balaban J connectivity index is 1.59. The lowest BCUT2D eigenvalue weighted by atomic mass is 9.75. The second kappa shape index (κ2) is 6.70. The molecular weight excluding hydrogens is 473 g/mol. The predicted molar refractivity (Wildman–Crippen MR) is 122 cm³/mol. The molecule has 3 fully saturated rings. The summed E-state index contributed by atoms with van der Waals surface area (Å²) in [6, 6.07) is 8.01. The highest BCUT2D eigenvalue weighted by atomic mass is 35.5. The molecule has 1 spiro atoms. The van der Waals surface area contributed by atoms with E-state index in [9.17, 15) is 14.4 Å². The highest BCUT2D eigenvalue weighted by Gasteiger charge is 2.74. The number of benzene rings is 2. The van der Waals surface area contributed by atoms with Gasteiger partial charge in [-0.15, -0.1) is 0 Å². The van der Waals surface area contributed by atoms with Crippen LogP contribution in [0.1, 0.15) is 24.0 Å². The van der Waals surface area contributed by atoms with Crippen molar-refractivity contribution < 1.29 is 14.4 Å². The number of nitrogens with one attached hydrogen (secondary N) is 1. The Kier molecular flexibility index (Phi) is 4.29. The van der Waals surface area contributed by atoms with Crippen LogP contribution in [0, 0.1) is 18.8 Å². The lowest BCUT2D eigenvalue weighted by Gasteiger charge is -2.36. The Morgan fingerprint density at radius 1 is 1.03 bits per heavy atom. The van der Waals surface area contributed by atoms with E-state index in [1.807, 2.05) is 6.92 Å². The van der Waals surface area contributed by atoms with Crippen LogP contribution in [0.3, 0.4) is 0 Å². The Morgan fingerprint density at radius 2 is 1.81 bits per heavy atom. The molecule has 0 unspecified atom stereocenters. The van der Waals surface area contributed by atoms with E-state index < -0.39 is 23.3 Å². The molecule has 3 amide bonds. The fourth-order valence-corrected chi connectivity index (χ4v) is 6.97. The lowest BCUT2D eigenvalue weighted by Crippen LogP contribution is -2.54. The summed E-state index contributed by atoms with van der Waals surface area (Å²) in [5.41, 5.74) is 1.15. The van der Waals surface area contributed by atoms with Gasteiger partial charge in [-0.1, -0.05) is 34.8 Å². The van der Waals surface area contributed by atoms with Crippen LogP contribution in [0.5, 0.6) is 0 Å². The SMILES string of the molecule is Cc1cc(Cl)cc2c1NC(=O)[C@]21[C@@H]2C(=O)N(c3cc(Cl)ccc3Cl)C(=O)[C@@H]2[C@@H]2CCCN21. The molecule has 0 radical (unpaired) electrons. The molecule has 2 aromatic carbocycles. The van der Waals surface area contributed by atoms with Crippen molar-refractivity contribution in [2.24, 2.45) is 11.8 Å². The molecule has 32 heavy (non-hydrogen) atoms. The largest absolute Gasteiger partial charge is 0.324 e. The number of carbonyl (C=O) groups is 3. The molecule has 0 saturated carbocycles. The number of carbonyl (C=O) groups excluding carboxylic acids is 3. The van der Waals surface area contributed by atoms with Crippen LogP contribution < -0.4 is 10.2 Å². The molecule has 4 atom stereocenters. The van der Waals surface area contributed by atoms with Crippen molar-refractivity contribution in [3.63, 3.8) is 0 Å². The van der Waals surface area contributed by atoms with Crippen LogP contribution >= 0.6 is 34.8 Å². The molecule has 6 rings (SSSR count). The molecule has 6 nitrogen and oxygen atoms in total. The third kappa shape index (κ3) is 2.34. The minimum Gasteiger partial charge on any atom is -0.324 e. The number of hydrogen-bond donors (Lipinski definition) is 1. The minimum atomic E-state index is -1.27. The Labute approximate surface area is 199 Å². The van der Waals surface area contributed by atoms with Crippen LogP contribution in [0.2, 0.25) is 15.1 Å². The van der Waals surface area contributed by atoms with Gasteiger partial charge in [0.05, 0.1) is 22.5 Å². The first-order valence-corrected chi connectivity index (χ1v) is 11.6. The smallest absolute Gasteiger partial charge is 0.250 e. The van der Waals surface area contributed by atoms with E-state index in [0.29, 0.717) is 27.8 Å². The number of nitrogens with zero attached hydrogens (tertiary/aromatic N) is 2. The van der Waals surface area contributed by atoms with E-state index in [-0.39, 0.29) is 28.6 Å². The summed E-state index contributed by atoms with van der Waals surface area (Å²) in [5, 5.41) is 4.10. The first-order chi connectivity index (χ1) is 15.3. The Morgan fingerprint density at radius 3 is 2.59 bits per heavy atom. The number of halogens is 3. The van der Waals surface area contributed by atoms with Crippen molar-refractivity contribution in [3.05, 3.63) is 56.5 Å². The summed E-state index contributed by atoms with van der Waals surface area (Å²) in [6.07, 6.45) is 1.58. The van der Waals surface area contributed by atoms with E-state index in [1.54, 1.807) is 24.3 Å². The van der Waals surface area contributed by atoms with Gasteiger partial charge in [0.15, 0.2) is 0 Å². The van der Waals surface area contributed by atoms with Crippen LogP contribution in [0.4, 0.5) is 11.4 Å². The van der Waals surface area contributed by atoms with Crippen LogP contribution in [0.25, 0.3) is 0 Å². The quantitative estimate of drug-likeness (QED) is 0.602. The van der Waals surface area contributed by atoms with Crippen molar-refractivity contribution in [3.8, 4) is 0 Å². The van der Waals surface area contributed by atoms with E-state index in [1.165, 1.54) is 6.07 Å². The summed E-state index contributed by atoms with van der Waals surface area (Å²) < 4.78 is 0. The van der Waals surface area contributed by atoms with E-state index in [0.717, 1.165) is 23.3 Å². The summed E-state index contributed by atoms with van der Waals surface area (Å²) in [6.45, 7) is 2.51. The Bertz CT molecular complexity index is 1250.